The lowest BCUT2D eigenvalue weighted by molar-refractivity contribution is -0.140. The lowest BCUT2D eigenvalue weighted by Crippen LogP contribution is -2.28. The fourth-order valence-corrected chi connectivity index (χ4v) is 2.33. The van der Waals surface area contributed by atoms with Gasteiger partial charge in [0.1, 0.15) is 0 Å². The van der Waals surface area contributed by atoms with Crippen molar-refractivity contribution in [2.45, 2.75) is 46.0 Å². The van der Waals surface area contributed by atoms with E-state index in [0.29, 0.717) is 6.54 Å². The molecule has 0 aromatic rings. The van der Waals surface area contributed by atoms with Gasteiger partial charge in [-0.25, -0.2) is 0 Å². The van der Waals surface area contributed by atoms with Crippen molar-refractivity contribution in [1.29, 1.82) is 0 Å². The van der Waals surface area contributed by atoms with Crippen molar-refractivity contribution >= 4 is 5.97 Å². The molecule has 94 valence electrons. The summed E-state index contributed by atoms with van der Waals surface area (Å²) in [7, 11) is 0. The van der Waals surface area contributed by atoms with E-state index in [2.05, 4.69) is 12.2 Å². The number of carbonyl (C=O) groups is 1. The summed E-state index contributed by atoms with van der Waals surface area (Å²) in [5, 5.41) is 12.0. The van der Waals surface area contributed by atoms with E-state index in [1.165, 1.54) is 32.1 Å². The third-order valence-electron chi connectivity index (χ3n) is 3.74. The second kappa shape index (κ2) is 6.89. The highest BCUT2D eigenvalue weighted by Gasteiger charge is 2.17. The zero-order valence-electron chi connectivity index (χ0n) is 10.5. The van der Waals surface area contributed by atoms with Gasteiger partial charge in [0.25, 0.3) is 0 Å². The van der Waals surface area contributed by atoms with Crippen molar-refractivity contribution in [3.63, 3.8) is 0 Å². The van der Waals surface area contributed by atoms with Crippen LogP contribution in [0.4, 0.5) is 0 Å². The Labute approximate surface area is 98.6 Å². The molecular weight excluding hydrogens is 202 g/mol. The molecule has 16 heavy (non-hydrogen) atoms. The van der Waals surface area contributed by atoms with E-state index in [4.69, 9.17) is 5.11 Å². The number of rotatable bonds is 6. The van der Waals surface area contributed by atoms with Crippen LogP contribution in [-0.2, 0) is 4.79 Å². The summed E-state index contributed by atoms with van der Waals surface area (Å²) in [6, 6.07) is 0. The van der Waals surface area contributed by atoms with Crippen LogP contribution in [0.3, 0.4) is 0 Å². The molecule has 3 heteroatoms. The van der Waals surface area contributed by atoms with Gasteiger partial charge >= 0.3 is 5.97 Å². The zero-order valence-corrected chi connectivity index (χ0v) is 10.5. The summed E-state index contributed by atoms with van der Waals surface area (Å²) in [4.78, 5) is 10.6. The fourth-order valence-electron chi connectivity index (χ4n) is 2.33. The smallest absolute Gasteiger partial charge is 0.307 e. The highest BCUT2D eigenvalue weighted by molar-refractivity contribution is 5.69. The van der Waals surface area contributed by atoms with Crippen molar-refractivity contribution in [3.05, 3.63) is 0 Å². The first-order valence-corrected chi connectivity index (χ1v) is 6.53. The molecule has 0 saturated heterocycles. The molecule has 0 heterocycles. The lowest BCUT2D eigenvalue weighted by atomic mass is 9.81. The minimum atomic E-state index is -0.709. The van der Waals surface area contributed by atoms with Crippen molar-refractivity contribution in [2.24, 2.45) is 17.8 Å². The summed E-state index contributed by atoms with van der Waals surface area (Å²) < 4.78 is 0. The predicted molar refractivity (Wildman–Crippen MR) is 65.4 cm³/mol. The van der Waals surface area contributed by atoms with Crippen molar-refractivity contribution in [3.8, 4) is 0 Å². The minimum Gasteiger partial charge on any atom is -0.481 e. The number of aliphatic carboxylic acids is 1. The maximum absolute atomic E-state index is 10.6. The number of hydrogen-bond acceptors (Lipinski definition) is 2. The van der Waals surface area contributed by atoms with Gasteiger partial charge in [-0.2, -0.15) is 0 Å². The molecule has 1 unspecified atom stereocenters. The van der Waals surface area contributed by atoms with Crippen LogP contribution in [0, 0.1) is 17.8 Å². The van der Waals surface area contributed by atoms with E-state index < -0.39 is 5.97 Å². The zero-order chi connectivity index (χ0) is 12.0. The summed E-state index contributed by atoms with van der Waals surface area (Å²) in [5.41, 5.74) is 0. The quantitative estimate of drug-likeness (QED) is 0.685. The molecular formula is C13H25NO2. The van der Waals surface area contributed by atoms with Crippen LogP contribution in [0.5, 0.6) is 0 Å². The molecule has 1 saturated carbocycles. The first-order chi connectivity index (χ1) is 7.59. The van der Waals surface area contributed by atoms with Gasteiger partial charge in [-0.1, -0.05) is 39.5 Å². The third-order valence-corrected chi connectivity index (χ3v) is 3.74. The Bertz CT molecular complexity index is 210. The number of nitrogens with one attached hydrogen (secondary N) is 1. The van der Waals surface area contributed by atoms with Crippen LogP contribution >= 0.6 is 0 Å². The maximum Gasteiger partial charge on any atom is 0.307 e. The first kappa shape index (κ1) is 13.5. The van der Waals surface area contributed by atoms with Crippen LogP contribution in [0.1, 0.15) is 46.0 Å². The van der Waals surface area contributed by atoms with Gasteiger partial charge in [0, 0.05) is 6.54 Å². The molecule has 1 atom stereocenters. The highest BCUT2D eigenvalue weighted by atomic mass is 16.4. The van der Waals surface area contributed by atoms with Crippen LogP contribution < -0.4 is 5.32 Å². The standard InChI is InChI=1S/C13H25NO2/c1-10-3-5-12(6-4-10)7-8-14-9-11(2)13(15)16/h10-12,14H,3-9H2,1-2H3,(H,15,16). The Morgan fingerprint density at radius 3 is 2.56 bits per heavy atom. The Kier molecular flexibility index (Phi) is 5.81. The Hall–Kier alpha value is -0.570. The second-order valence-corrected chi connectivity index (χ2v) is 5.36. The molecule has 3 nitrogen and oxygen atoms in total. The molecule has 0 aromatic heterocycles. The SMILES string of the molecule is CC1CCC(CCNCC(C)C(=O)O)CC1. The number of hydrogen-bond donors (Lipinski definition) is 2. The van der Waals surface area contributed by atoms with E-state index in [0.717, 1.165) is 18.4 Å². The summed E-state index contributed by atoms with van der Waals surface area (Å²) in [5.74, 6) is 0.797. The van der Waals surface area contributed by atoms with Crippen LogP contribution in [0.2, 0.25) is 0 Å². The van der Waals surface area contributed by atoms with Gasteiger partial charge in [0.2, 0.25) is 0 Å². The average molecular weight is 227 g/mol. The van der Waals surface area contributed by atoms with Crippen molar-refractivity contribution in [2.75, 3.05) is 13.1 Å². The fraction of sp³-hybridized carbons (Fsp3) is 0.923. The van der Waals surface area contributed by atoms with E-state index >= 15 is 0 Å². The molecule has 1 aliphatic carbocycles. The monoisotopic (exact) mass is 227 g/mol. The summed E-state index contributed by atoms with van der Waals surface area (Å²) >= 11 is 0. The molecule has 0 amide bonds. The van der Waals surface area contributed by atoms with E-state index in [-0.39, 0.29) is 5.92 Å². The molecule has 0 aliphatic heterocycles. The Balaban J connectivity index is 2.01. The first-order valence-electron chi connectivity index (χ1n) is 6.53. The van der Waals surface area contributed by atoms with Crippen LogP contribution in [0.25, 0.3) is 0 Å². The van der Waals surface area contributed by atoms with Crippen LogP contribution in [0.15, 0.2) is 0 Å². The third kappa shape index (κ3) is 4.97. The van der Waals surface area contributed by atoms with Gasteiger partial charge < -0.3 is 10.4 Å². The summed E-state index contributed by atoms with van der Waals surface area (Å²) in [6.45, 7) is 5.65. The largest absolute Gasteiger partial charge is 0.481 e. The molecule has 0 bridgehead atoms. The Morgan fingerprint density at radius 2 is 2.00 bits per heavy atom. The number of carboxylic acids is 1. The van der Waals surface area contributed by atoms with Crippen molar-refractivity contribution < 1.29 is 9.90 Å². The molecule has 0 aromatic carbocycles. The molecule has 1 fully saturated rings. The van der Waals surface area contributed by atoms with Gasteiger partial charge in [-0.3, -0.25) is 4.79 Å². The van der Waals surface area contributed by atoms with Crippen molar-refractivity contribution in [1.82, 2.24) is 5.32 Å². The molecule has 0 spiro atoms. The number of carboxylic acid groups (broad SMARTS) is 1. The van der Waals surface area contributed by atoms with Gasteiger partial charge in [-0.05, 0) is 24.8 Å². The average Bonchev–Trinajstić information content (AvgIpc) is 2.26. The van der Waals surface area contributed by atoms with Gasteiger partial charge in [0.05, 0.1) is 5.92 Å². The molecule has 1 rings (SSSR count). The minimum absolute atomic E-state index is 0.272. The topological polar surface area (TPSA) is 49.3 Å². The van der Waals surface area contributed by atoms with Gasteiger partial charge in [0.15, 0.2) is 0 Å². The van der Waals surface area contributed by atoms with Crippen LogP contribution in [-0.4, -0.2) is 24.2 Å². The normalized spacial score (nSPS) is 27.6. The molecule has 1 aliphatic rings. The van der Waals surface area contributed by atoms with Gasteiger partial charge in [-0.15, -0.1) is 0 Å². The highest BCUT2D eigenvalue weighted by Crippen LogP contribution is 2.29. The second-order valence-electron chi connectivity index (χ2n) is 5.36. The Morgan fingerprint density at radius 1 is 1.38 bits per heavy atom. The summed E-state index contributed by atoms with van der Waals surface area (Å²) in [6.07, 6.45) is 6.67. The molecule has 0 radical (unpaired) electrons. The predicted octanol–water partition coefficient (Wildman–Crippen LogP) is 2.51. The molecule has 2 N–H and O–H groups in total. The maximum atomic E-state index is 10.6. The van der Waals surface area contributed by atoms with E-state index in [1.807, 2.05) is 0 Å². The van der Waals surface area contributed by atoms with E-state index in [9.17, 15) is 4.79 Å². The van der Waals surface area contributed by atoms with E-state index in [1.54, 1.807) is 6.92 Å². The lowest BCUT2D eigenvalue weighted by Gasteiger charge is -2.26.